The van der Waals surface area contributed by atoms with Crippen LogP contribution in [0.1, 0.15) is 34.2 Å². The van der Waals surface area contributed by atoms with Gasteiger partial charge in [-0.1, -0.05) is 115 Å². The van der Waals surface area contributed by atoms with Crippen LogP contribution in [0, 0.1) is 0 Å². The predicted molar refractivity (Wildman–Crippen MR) is 176 cm³/mol. The first-order valence-electron chi connectivity index (χ1n) is 14.7. The molecule has 0 aromatic heterocycles. The molecule has 0 bridgehead atoms. The second-order valence-electron chi connectivity index (χ2n) is 10.7. The van der Waals surface area contributed by atoms with Gasteiger partial charge in [-0.2, -0.15) is 0 Å². The molecule has 0 aliphatic heterocycles. The lowest BCUT2D eigenvalue weighted by Gasteiger charge is -2.51. The van der Waals surface area contributed by atoms with Crippen molar-refractivity contribution in [1.82, 2.24) is 0 Å². The summed E-state index contributed by atoms with van der Waals surface area (Å²) in [5.74, 6) is 1.65. The largest absolute Gasteiger partial charge is 0.497 e. The van der Waals surface area contributed by atoms with Crippen molar-refractivity contribution in [3.8, 4) is 11.5 Å². The molecule has 5 aromatic carbocycles. The Morgan fingerprint density at radius 1 is 0.535 bits per heavy atom. The van der Waals surface area contributed by atoms with Gasteiger partial charge in [0, 0.05) is 13.7 Å². The Bertz CT molecular complexity index is 1630. The van der Waals surface area contributed by atoms with Gasteiger partial charge in [-0.05, 0) is 80.8 Å². The topological polar surface area (TPSA) is 27.7 Å². The fraction of sp³-hybridized carbons (Fsp3) is 0.150. The van der Waals surface area contributed by atoms with Gasteiger partial charge < -0.3 is 14.2 Å². The van der Waals surface area contributed by atoms with Crippen LogP contribution in [0.15, 0.2) is 151 Å². The molecule has 0 N–H and O–H groups in total. The van der Waals surface area contributed by atoms with Gasteiger partial charge in [0.2, 0.25) is 0 Å². The molecule has 3 nitrogen and oxygen atoms in total. The van der Waals surface area contributed by atoms with Crippen LogP contribution in [0.3, 0.4) is 0 Å². The molecule has 6 rings (SSSR count). The second kappa shape index (κ2) is 12.6. The number of benzene rings is 5. The fourth-order valence-electron chi connectivity index (χ4n) is 6.52. The molecule has 3 heteroatoms. The summed E-state index contributed by atoms with van der Waals surface area (Å²) in [5, 5.41) is 0. The van der Waals surface area contributed by atoms with Crippen molar-refractivity contribution < 1.29 is 14.2 Å². The van der Waals surface area contributed by atoms with Crippen molar-refractivity contribution in [1.29, 1.82) is 0 Å². The van der Waals surface area contributed by atoms with E-state index in [9.17, 15) is 0 Å². The number of methoxy groups -OCH3 is 3. The lowest BCUT2D eigenvalue weighted by atomic mass is 9.50. The smallest absolute Gasteiger partial charge is 0.118 e. The predicted octanol–water partition coefficient (Wildman–Crippen LogP) is 9.00. The highest BCUT2D eigenvalue weighted by Crippen LogP contribution is 2.64. The van der Waals surface area contributed by atoms with E-state index in [1.165, 1.54) is 39.0 Å². The van der Waals surface area contributed by atoms with Crippen LogP contribution in [0.4, 0.5) is 0 Å². The maximum atomic E-state index is 5.74. The summed E-state index contributed by atoms with van der Waals surface area (Å²) in [6, 6.07) is 49.5. The molecular formula is C40H36O3. The summed E-state index contributed by atoms with van der Waals surface area (Å²) in [5.41, 5.74) is 10.5. The van der Waals surface area contributed by atoms with E-state index in [2.05, 4.69) is 115 Å². The van der Waals surface area contributed by atoms with E-state index in [4.69, 9.17) is 14.2 Å². The van der Waals surface area contributed by atoms with Crippen LogP contribution < -0.4 is 9.47 Å². The fourth-order valence-corrected chi connectivity index (χ4v) is 6.52. The molecule has 0 spiro atoms. The first kappa shape index (κ1) is 28.3. The molecule has 0 saturated carbocycles. The summed E-state index contributed by atoms with van der Waals surface area (Å²) in [6.45, 7) is 0.626. The van der Waals surface area contributed by atoms with Crippen LogP contribution in [0.25, 0.3) is 11.1 Å². The van der Waals surface area contributed by atoms with Crippen LogP contribution in [-0.4, -0.2) is 27.9 Å². The molecule has 0 amide bonds. The Kier molecular flexibility index (Phi) is 8.26. The van der Waals surface area contributed by atoms with Gasteiger partial charge >= 0.3 is 0 Å². The van der Waals surface area contributed by atoms with Gasteiger partial charge in [0.15, 0.2) is 0 Å². The van der Waals surface area contributed by atoms with Crippen LogP contribution in [0.2, 0.25) is 0 Å². The molecule has 0 radical (unpaired) electrons. The second-order valence-corrected chi connectivity index (χ2v) is 10.7. The lowest BCUT2D eigenvalue weighted by molar-refractivity contribution is 0.199. The van der Waals surface area contributed by atoms with Gasteiger partial charge in [-0.3, -0.25) is 0 Å². The van der Waals surface area contributed by atoms with Gasteiger partial charge in [-0.15, -0.1) is 0 Å². The quantitative estimate of drug-likeness (QED) is 0.169. The van der Waals surface area contributed by atoms with E-state index >= 15 is 0 Å². The highest BCUT2D eigenvalue weighted by molar-refractivity contribution is 6.07. The van der Waals surface area contributed by atoms with E-state index in [1.807, 2.05) is 24.3 Å². The van der Waals surface area contributed by atoms with Crippen molar-refractivity contribution in [2.75, 3.05) is 27.9 Å². The third-order valence-electron chi connectivity index (χ3n) is 8.42. The standard InChI is InChI=1S/C40H36O3/c1-41-28-27-36-38(29-13-7-4-8-14-29)39(40(36,32-15-9-5-10-16-32)33-17-11-6-12-18-33)37(30-19-23-34(42-2)24-20-30)31-21-25-35(43-3)26-22-31/h4-26H,27-28H2,1-3H3. The molecule has 0 saturated heterocycles. The number of rotatable bonds is 10. The van der Waals surface area contributed by atoms with Crippen molar-refractivity contribution >= 4 is 11.1 Å². The minimum atomic E-state index is -0.499. The van der Waals surface area contributed by atoms with Crippen molar-refractivity contribution in [2.24, 2.45) is 0 Å². The van der Waals surface area contributed by atoms with Crippen LogP contribution in [0.5, 0.6) is 11.5 Å². The van der Waals surface area contributed by atoms with Crippen LogP contribution >= 0.6 is 0 Å². The highest BCUT2D eigenvalue weighted by atomic mass is 16.5. The average Bonchev–Trinajstić information content (AvgIpc) is 3.08. The number of allylic oxidation sites excluding steroid dienone is 2. The lowest BCUT2D eigenvalue weighted by Crippen LogP contribution is -2.43. The monoisotopic (exact) mass is 564 g/mol. The van der Waals surface area contributed by atoms with Gasteiger partial charge in [0.25, 0.3) is 0 Å². The number of hydrogen-bond acceptors (Lipinski definition) is 3. The molecule has 0 unspecified atom stereocenters. The van der Waals surface area contributed by atoms with E-state index < -0.39 is 5.41 Å². The summed E-state index contributed by atoms with van der Waals surface area (Å²) in [7, 11) is 5.20. The normalized spacial score (nSPS) is 13.8. The molecule has 1 aliphatic carbocycles. The maximum Gasteiger partial charge on any atom is 0.118 e. The Morgan fingerprint density at radius 3 is 1.40 bits per heavy atom. The van der Waals surface area contributed by atoms with E-state index in [0.717, 1.165) is 29.0 Å². The van der Waals surface area contributed by atoms with E-state index in [0.29, 0.717) is 6.61 Å². The Morgan fingerprint density at radius 2 is 0.977 bits per heavy atom. The van der Waals surface area contributed by atoms with Crippen molar-refractivity contribution in [2.45, 2.75) is 11.8 Å². The number of ether oxygens (including phenoxy) is 3. The summed E-state index contributed by atoms with van der Waals surface area (Å²) >= 11 is 0. The third-order valence-corrected chi connectivity index (χ3v) is 8.42. The first-order chi connectivity index (χ1) is 21.2. The Hall–Kier alpha value is -4.86. The minimum Gasteiger partial charge on any atom is -0.497 e. The average molecular weight is 565 g/mol. The minimum absolute atomic E-state index is 0.499. The zero-order valence-electron chi connectivity index (χ0n) is 24.9. The molecule has 0 heterocycles. The van der Waals surface area contributed by atoms with Gasteiger partial charge in [-0.25, -0.2) is 0 Å². The highest BCUT2D eigenvalue weighted by Gasteiger charge is 2.53. The number of hydrogen-bond donors (Lipinski definition) is 0. The molecular weight excluding hydrogens is 528 g/mol. The summed E-state index contributed by atoms with van der Waals surface area (Å²) < 4.78 is 16.9. The molecule has 0 atom stereocenters. The van der Waals surface area contributed by atoms with Crippen LogP contribution in [-0.2, 0) is 10.2 Å². The SMILES string of the molecule is COCCC1=C(c2ccccc2)C(=C(c2ccc(OC)cc2)c2ccc(OC)cc2)C1(c1ccccc1)c1ccccc1. The van der Waals surface area contributed by atoms with Gasteiger partial charge in [0.05, 0.1) is 19.6 Å². The third kappa shape index (κ3) is 5.07. The Labute approximate surface area is 254 Å². The molecule has 5 aromatic rings. The van der Waals surface area contributed by atoms with E-state index in [-0.39, 0.29) is 0 Å². The molecule has 1 aliphatic rings. The summed E-state index contributed by atoms with van der Waals surface area (Å²) in [4.78, 5) is 0. The molecule has 43 heavy (non-hydrogen) atoms. The van der Waals surface area contributed by atoms with Crippen molar-refractivity contribution in [3.05, 3.63) is 178 Å². The van der Waals surface area contributed by atoms with Gasteiger partial charge in [0.1, 0.15) is 11.5 Å². The van der Waals surface area contributed by atoms with Crippen molar-refractivity contribution in [3.63, 3.8) is 0 Å². The zero-order valence-corrected chi connectivity index (χ0v) is 24.9. The Balaban J connectivity index is 1.80. The molecule has 214 valence electrons. The summed E-state index contributed by atoms with van der Waals surface area (Å²) in [6.07, 6.45) is 0.798. The molecule has 0 fully saturated rings. The maximum absolute atomic E-state index is 5.74. The first-order valence-corrected chi connectivity index (χ1v) is 14.7. The zero-order chi connectivity index (χ0) is 29.6. The van der Waals surface area contributed by atoms with E-state index in [1.54, 1.807) is 21.3 Å².